The van der Waals surface area contributed by atoms with E-state index in [0.717, 1.165) is 35.9 Å². The molecule has 1 unspecified atom stereocenters. The lowest BCUT2D eigenvalue weighted by Gasteiger charge is -2.19. The number of likely N-dealkylation sites (N-methyl/N-ethyl adjacent to an activating group) is 1. The zero-order valence-corrected chi connectivity index (χ0v) is 12.3. The van der Waals surface area contributed by atoms with Crippen molar-refractivity contribution < 1.29 is 0 Å². The van der Waals surface area contributed by atoms with Crippen LogP contribution in [0.25, 0.3) is 0 Å². The van der Waals surface area contributed by atoms with Gasteiger partial charge in [0.1, 0.15) is 0 Å². The fraction of sp³-hybridized carbons (Fsp3) is 0.769. The van der Waals surface area contributed by atoms with Gasteiger partial charge in [-0.25, -0.2) is 0 Å². The smallest absolute Gasteiger partial charge is 0.0863 e. The second-order valence-corrected chi connectivity index (χ2v) is 5.47. The molecule has 1 aliphatic rings. The normalized spacial score (nSPS) is 20.8. The summed E-state index contributed by atoms with van der Waals surface area (Å²) in [4.78, 5) is 2.43. The molecular formula is C13H23ClN4. The maximum absolute atomic E-state index is 6.32. The van der Waals surface area contributed by atoms with Crippen molar-refractivity contribution in [3.63, 3.8) is 0 Å². The second kappa shape index (κ2) is 6.04. The molecule has 5 heteroatoms. The third-order valence-electron chi connectivity index (χ3n) is 3.85. The van der Waals surface area contributed by atoms with Crippen molar-refractivity contribution in [2.45, 2.75) is 38.8 Å². The van der Waals surface area contributed by atoms with E-state index in [1.165, 1.54) is 19.4 Å². The first-order valence-corrected chi connectivity index (χ1v) is 7.12. The van der Waals surface area contributed by atoms with Gasteiger partial charge in [0.2, 0.25) is 0 Å². The van der Waals surface area contributed by atoms with Crippen molar-refractivity contribution >= 4 is 11.6 Å². The molecule has 1 aromatic rings. The van der Waals surface area contributed by atoms with Crippen LogP contribution in [0.3, 0.4) is 0 Å². The number of nitrogens with one attached hydrogen (secondary N) is 1. The number of aryl methyl sites for hydroxylation is 2. The molecule has 0 amide bonds. The van der Waals surface area contributed by atoms with Crippen LogP contribution in [-0.4, -0.2) is 40.9 Å². The summed E-state index contributed by atoms with van der Waals surface area (Å²) >= 11 is 6.32. The van der Waals surface area contributed by atoms with Gasteiger partial charge in [-0.2, -0.15) is 5.10 Å². The number of hydrogen-bond donors (Lipinski definition) is 1. The highest BCUT2D eigenvalue weighted by atomic mass is 35.5. The summed E-state index contributed by atoms with van der Waals surface area (Å²) in [6.07, 6.45) is 3.50. The van der Waals surface area contributed by atoms with Crippen LogP contribution < -0.4 is 5.32 Å². The van der Waals surface area contributed by atoms with Crippen LogP contribution >= 0.6 is 11.6 Å². The van der Waals surface area contributed by atoms with E-state index in [-0.39, 0.29) is 0 Å². The minimum atomic E-state index is 0.669. The number of halogens is 1. The Bertz CT molecular complexity index is 402. The van der Waals surface area contributed by atoms with Gasteiger partial charge in [0, 0.05) is 26.2 Å². The van der Waals surface area contributed by atoms with Crippen molar-refractivity contribution in [2.75, 3.05) is 20.1 Å². The zero-order valence-electron chi connectivity index (χ0n) is 11.5. The molecule has 0 bridgehead atoms. The van der Waals surface area contributed by atoms with Gasteiger partial charge in [0.15, 0.2) is 0 Å². The Labute approximate surface area is 114 Å². The van der Waals surface area contributed by atoms with Crippen LogP contribution in [0.2, 0.25) is 5.02 Å². The molecule has 1 atom stereocenters. The summed E-state index contributed by atoms with van der Waals surface area (Å²) in [5.41, 5.74) is 2.09. The predicted molar refractivity (Wildman–Crippen MR) is 75.0 cm³/mol. The highest BCUT2D eigenvalue weighted by Crippen LogP contribution is 2.20. The van der Waals surface area contributed by atoms with Crippen LogP contribution in [0.4, 0.5) is 0 Å². The molecule has 102 valence electrons. The lowest BCUT2D eigenvalue weighted by molar-refractivity contribution is 0.299. The van der Waals surface area contributed by atoms with Gasteiger partial charge >= 0.3 is 0 Å². The SMILES string of the molecule is CCc1nn(C)c(CNCC2CCCN2C)c1Cl. The quantitative estimate of drug-likeness (QED) is 0.886. The van der Waals surface area contributed by atoms with Crippen molar-refractivity contribution in [2.24, 2.45) is 7.05 Å². The number of aromatic nitrogens is 2. The molecule has 0 aromatic carbocycles. The first-order chi connectivity index (χ1) is 8.63. The fourth-order valence-corrected chi connectivity index (χ4v) is 2.97. The van der Waals surface area contributed by atoms with Gasteiger partial charge in [-0.15, -0.1) is 0 Å². The first-order valence-electron chi connectivity index (χ1n) is 6.74. The molecular weight excluding hydrogens is 248 g/mol. The average molecular weight is 271 g/mol. The van der Waals surface area contributed by atoms with Gasteiger partial charge in [-0.1, -0.05) is 18.5 Å². The summed E-state index contributed by atoms with van der Waals surface area (Å²) < 4.78 is 1.90. The second-order valence-electron chi connectivity index (χ2n) is 5.09. The standard InChI is InChI=1S/C13H23ClN4/c1-4-11-13(14)12(18(3)16-11)9-15-8-10-6-5-7-17(10)2/h10,15H,4-9H2,1-3H3. The van der Waals surface area contributed by atoms with Crippen molar-refractivity contribution in [1.29, 1.82) is 0 Å². The predicted octanol–water partition coefficient (Wildman–Crippen LogP) is 1.82. The molecule has 2 heterocycles. The van der Waals surface area contributed by atoms with Crippen molar-refractivity contribution in [3.05, 3.63) is 16.4 Å². The lowest BCUT2D eigenvalue weighted by Crippen LogP contribution is -2.35. The van der Waals surface area contributed by atoms with E-state index < -0.39 is 0 Å². The van der Waals surface area contributed by atoms with Crippen LogP contribution in [-0.2, 0) is 20.0 Å². The maximum Gasteiger partial charge on any atom is 0.0863 e. The van der Waals surface area contributed by atoms with Gasteiger partial charge in [-0.05, 0) is 32.9 Å². The van der Waals surface area contributed by atoms with E-state index in [1.54, 1.807) is 0 Å². The highest BCUT2D eigenvalue weighted by molar-refractivity contribution is 6.31. The van der Waals surface area contributed by atoms with E-state index in [4.69, 9.17) is 11.6 Å². The van der Waals surface area contributed by atoms with Crippen LogP contribution in [0, 0.1) is 0 Å². The molecule has 1 N–H and O–H groups in total. The number of likely N-dealkylation sites (tertiary alicyclic amines) is 1. The maximum atomic E-state index is 6.32. The molecule has 4 nitrogen and oxygen atoms in total. The summed E-state index contributed by atoms with van der Waals surface area (Å²) in [6.45, 7) is 5.13. The molecule has 2 rings (SSSR count). The Balaban J connectivity index is 1.88. The Morgan fingerprint density at radius 1 is 1.44 bits per heavy atom. The minimum absolute atomic E-state index is 0.669. The van der Waals surface area contributed by atoms with Gasteiger partial charge in [0.25, 0.3) is 0 Å². The Morgan fingerprint density at radius 2 is 2.22 bits per heavy atom. The third-order valence-corrected chi connectivity index (χ3v) is 4.28. The lowest BCUT2D eigenvalue weighted by atomic mass is 10.2. The van der Waals surface area contributed by atoms with Crippen LogP contribution in [0.5, 0.6) is 0 Å². The topological polar surface area (TPSA) is 33.1 Å². The van der Waals surface area contributed by atoms with Gasteiger partial charge in [-0.3, -0.25) is 4.68 Å². The van der Waals surface area contributed by atoms with E-state index >= 15 is 0 Å². The average Bonchev–Trinajstić information content (AvgIpc) is 2.87. The number of rotatable bonds is 5. The Kier molecular flexibility index (Phi) is 4.65. The summed E-state index contributed by atoms with van der Waals surface area (Å²) in [5.74, 6) is 0. The Morgan fingerprint density at radius 3 is 2.78 bits per heavy atom. The molecule has 0 spiro atoms. The van der Waals surface area contributed by atoms with Crippen molar-refractivity contribution in [3.8, 4) is 0 Å². The fourth-order valence-electron chi connectivity index (χ4n) is 2.61. The van der Waals surface area contributed by atoms with Crippen LogP contribution in [0.1, 0.15) is 31.2 Å². The molecule has 0 saturated carbocycles. The van der Waals surface area contributed by atoms with E-state index in [1.807, 2.05) is 11.7 Å². The highest BCUT2D eigenvalue weighted by Gasteiger charge is 2.20. The summed E-state index contributed by atoms with van der Waals surface area (Å²) in [5, 5.41) is 8.76. The van der Waals surface area contributed by atoms with E-state index in [2.05, 4.69) is 29.3 Å². The molecule has 1 saturated heterocycles. The van der Waals surface area contributed by atoms with Gasteiger partial charge < -0.3 is 10.2 Å². The summed E-state index contributed by atoms with van der Waals surface area (Å²) in [7, 11) is 4.16. The molecule has 0 radical (unpaired) electrons. The zero-order chi connectivity index (χ0) is 13.1. The molecule has 0 aliphatic carbocycles. The third kappa shape index (κ3) is 2.87. The molecule has 1 fully saturated rings. The van der Waals surface area contributed by atoms with E-state index in [9.17, 15) is 0 Å². The molecule has 1 aromatic heterocycles. The number of nitrogens with zero attached hydrogens (tertiary/aromatic N) is 3. The summed E-state index contributed by atoms with van der Waals surface area (Å²) in [6, 6.07) is 0.669. The first kappa shape index (κ1) is 13.8. The monoisotopic (exact) mass is 270 g/mol. The molecule has 18 heavy (non-hydrogen) atoms. The van der Waals surface area contributed by atoms with Gasteiger partial charge in [0.05, 0.1) is 16.4 Å². The molecule has 1 aliphatic heterocycles. The van der Waals surface area contributed by atoms with Crippen LogP contribution in [0.15, 0.2) is 0 Å². The van der Waals surface area contributed by atoms with E-state index in [0.29, 0.717) is 6.04 Å². The Hall–Kier alpha value is -0.580. The minimum Gasteiger partial charge on any atom is -0.310 e. The number of hydrogen-bond acceptors (Lipinski definition) is 3. The largest absolute Gasteiger partial charge is 0.310 e. The van der Waals surface area contributed by atoms with Crippen molar-refractivity contribution in [1.82, 2.24) is 20.0 Å².